The van der Waals surface area contributed by atoms with E-state index in [4.69, 9.17) is 4.42 Å². The molecule has 1 aliphatic rings. The van der Waals surface area contributed by atoms with Crippen LogP contribution in [0.4, 0.5) is 0 Å². The highest BCUT2D eigenvalue weighted by atomic mass is 79.9. The lowest BCUT2D eigenvalue weighted by Crippen LogP contribution is -2.20. The summed E-state index contributed by atoms with van der Waals surface area (Å²) in [6, 6.07) is 6.23. The highest BCUT2D eigenvalue weighted by Crippen LogP contribution is 2.29. The Kier molecular flexibility index (Phi) is 3.16. The van der Waals surface area contributed by atoms with Crippen LogP contribution >= 0.6 is 15.9 Å². The largest absolute Gasteiger partial charge is 0.438 e. The molecular formula is C13H15BrN2O. The molecule has 3 rings (SSSR count). The summed E-state index contributed by atoms with van der Waals surface area (Å²) in [4.78, 5) is 4.58. The third kappa shape index (κ3) is 2.24. The van der Waals surface area contributed by atoms with E-state index in [-0.39, 0.29) is 6.04 Å². The Hall–Kier alpha value is -0.870. The van der Waals surface area contributed by atoms with Gasteiger partial charge in [-0.3, -0.25) is 0 Å². The molecular weight excluding hydrogens is 280 g/mol. The molecule has 0 aliphatic carbocycles. The van der Waals surface area contributed by atoms with E-state index in [9.17, 15) is 0 Å². The van der Waals surface area contributed by atoms with Gasteiger partial charge in [-0.2, -0.15) is 0 Å². The summed E-state index contributed by atoms with van der Waals surface area (Å²) in [7, 11) is 0. The standard InChI is InChI=1S/C13H15BrN2O/c14-9-5-4-7-10-12(9)17-13(16-10)11-6-2-1-3-8-15-11/h4-5,7,11,15H,1-3,6,8H2. The van der Waals surface area contributed by atoms with Crippen molar-refractivity contribution in [1.82, 2.24) is 10.3 Å². The molecule has 2 aromatic rings. The van der Waals surface area contributed by atoms with Crippen LogP contribution in [-0.4, -0.2) is 11.5 Å². The lowest BCUT2D eigenvalue weighted by Gasteiger charge is -2.10. The minimum Gasteiger partial charge on any atom is -0.438 e. The molecule has 1 aromatic carbocycles. The second-order valence-corrected chi connectivity index (χ2v) is 5.35. The van der Waals surface area contributed by atoms with Crippen molar-refractivity contribution in [2.24, 2.45) is 0 Å². The van der Waals surface area contributed by atoms with Crippen LogP contribution in [0.2, 0.25) is 0 Å². The first-order valence-corrected chi connectivity index (χ1v) is 6.92. The van der Waals surface area contributed by atoms with Crippen molar-refractivity contribution in [2.75, 3.05) is 6.54 Å². The lowest BCUT2D eigenvalue weighted by atomic mass is 10.1. The van der Waals surface area contributed by atoms with Crippen LogP contribution in [0.15, 0.2) is 27.1 Å². The zero-order chi connectivity index (χ0) is 11.7. The van der Waals surface area contributed by atoms with Crippen molar-refractivity contribution in [3.05, 3.63) is 28.6 Å². The summed E-state index contributed by atoms with van der Waals surface area (Å²) >= 11 is 3.50. The van der Waals surface area contributed by atoms with Gasteiger partial charge in [0, 0.05) is 0 Å². The number of oxazole rings is 1. The van der Waals surface area contributed by atoms with Gasteiger partial charge in [0.2, 0.25) is 5.89 Å². The zero-order valence-electron chi connectivity index (χ0n) is 9.58. The molecule has 1 fully saturated rings. The van der Waals surface area contributed by atoms with Crippen molar-refractivity contribution in [1.29, 1.82) is 0 Å². The maximum Gasteiger partial charge on any atom is 0.212 e. The average Bonchev–Trinajstić information content (AvgIpc) is 2.59. The fourth-order valence-corrected chi connectivity index (χ4v) is 2.76. The number of nitrogens with zero attached hydrogens (tertiary/aromatic N) is 1. The van der Waals surface area contributed by atoms with E-state index in [1.807, 2.05) is 18.2 Å². The lowest BCUT2D eigenvalue weighted by molar-refractivity contribution is 0.409. The van der Waals surface area contributed by atoms with Crippen molar-refractivity contribution in [3.63, 3.8) is 0 Å². The summed E-state index contributed by atoms with van der Waals surface area (Å²) in [6.45, 7) is 1.06. The molecule has 1 aromatic heterocycles. The Bertz CT molecular complexity index is 515. The molecule has 4 heteroatoms. The van der Waals surface area contributed by atoms with Gasteiger partial charge in [0.15, 0.2) is 5.58 Å². The minimum absolute atomic E-state index is 0.275. The van der Waals surface area contributed by atoms with Crippen LogP contribution in [0.1, 0.15) is 37.6 Å². The van der Waals surface area contributed by atoms with E-state index in [2.05, 4.69) is 26.2 Å². The maximum absolute atomic E-state index is 5.87. The van der Waals surface area contributed by atoms with Gasteiger partial charge in [-0.15, -0.1) is 0 Å². The number of rotatable bonds is 1. The molecule has 90 valence electrons. The summed E-state index contributed by atoms with van der Waals surface area (Å²) in [5.74, 6) is 0.828. The molecule has 0 spiro atoms. The quantitative estimate of drug-likeness (QED) is 0.869. The van der Waals surface area contributed by atoms with Gasteiger partial charge >= 0.3 is 0 Å². The average molecular weight is 295 g/mol. The van der Waals surface area contributed by atoms with Gasteiger partial charge in [-0.25, -0.2) is 4.98 Å². The van der Waals surface area contributed by atoms with Crippen LogP contribution in [0.5, 0.6) is 0 Å². The predicted molar refractivity (Wildman–Crippen MR) is 70.9 cm³/mol. The second-order valence-electron chi connectivity index (χ2n) is 4.50. The third-order valence-electron chi connectivity index (χ3n) is 3.24. The Morgan fingerprint density at radius 2 is 2.24 bits per heavy atom. The van der Waals surface area contributed by atoms with Crippen LogP contribution in [0.3, 0.4) is 0 Å². The minimum atomic E-state index is 0.275. The van der Waals surface area contributed by atoms with E-state index >= 15 is 0 Å². The van der Waals surface area contributed by atoms with E-state index in [1.165, 1.54) is 19.3 Å². The number of halogens is 1. The van der Waals surface area contributed by atoms with E-state index in [1.54, 1.807) is 0 Å². The molecule has 3 nitrogen and oxygen atoms in total. The molecule has 0 saturated carbocycles. The predicted octanol–water partition coefficient (Wildman–Crippen LogP) is 3.80. The Balaban J connectivity index is 1.96. The number of hydrogen-bond donors (Lipinski definition) is 1. The van der Waals surface area contributed by atoms with Gasteiger partial charge in [-0.1, -0.05) is 18.9 Å². The molecule has 2 heterocycles. The first-order valence-electron chi connectivity index (χ1n) is 6.13. The monoisotopic (exact) mass is 294 g/mol. The summed E-state index contributed by atoms with van der Waals surface area (Å²) in [6.07, 6.45) is 4.91. The summed E-state index contributed by atoms with van der Waals surface area (Å²) in [5.41, 5.74) is 1.79. The Morgan fingerprint density at radius 3 is 3.12 bits per heavy atom. The first kappa shape index (κ1) is 11.2. The fourth-order valence-electron chi connectivity index (χ4n) is 2.32. The highest BCUT2D eigenvalue weighted by molar-refractivity contribution is 9.10. The highest BCUT2D eigenvalue weighted by Gasteiger charge is 2.19. The Morgan fingerprint density at radius 1 is 1.29 bits per heavy atom. The molecule has 0 radical (unpaired) electrons. The number of fused-ring (bicyclic) bond motifs is 1. The van der Waals surface area contributed by atoms with Crippen molar-refractivity contribution < 1.29 is 4.42 Å². The molecule has 0 amide bonds. The molecule has 0 bridgehead atoms. The summed E-state index contributed by atoms with van der Waals surface area (Å²) in [5, 5.41) is 3.51. The first-order chi connectivity index (χ1) is 8.34. The van der Waals surface area contributed by atoms with E-state index < -0.39 is 0 Å². The molecule has 1 saturated heterocycles. The second kappa shape index (κ2) is 4.78. The number of benzene rings is 1. The van der Waals surface area contributed by atoms with Gasteiger partial charge in [0.25, 0.3) is 0 Å². The van der Waals surface area contributed by atoms with Gasteiger partial charge in [-0.05, 0) is 47.4 Å². The van der Waals surface area contributed by atoms with Crippen LogP contribution in [0.25, 0.3) is 11.1 Å². The number of aromatic nitrogens is 1. The van der Waals surface area contributed by atoms with Crippen LogP contribution in [-0.2, 0) is 0 Å². The van der Waals surface area contributed by atoms with Crippen LogP contribution in [0, 0.1) is 0 Å². The van der Waals surface area contributed by atoms with Gasteiger partial charge < -0.3 is 9.73 Å². The molecule has 1 unspecified atom stereocenters. The molecule has 1 N–H and O–H groups in total. The summed E-state index contributed by atoms with van der Waals surface area (Å²) < 4.78 is 6.85. The number of para-hydroxylation sites is 1. The van der Waals surface area contributed by atoms with Crippen LogP contribution < -0.4 is 5.32 Å². The van der Waals surface area contributed by atoms with Crippen molar-refractivity contribution in [2.45, 2.75) is 31.7 Å². The van der Waals surface area contributed by atoms with Crippen molar-refractivity contribution >= 4 is 27.0 Å². The topological polar surface area (TPSA) is 38.1 Å². The fraction of sp³-hybridized carbons (Fsp3) is 0.462. The van der Waals surface area contributed by atoms with E-state index in [0.29, 0.717) is 0 Å². The third-order valence-corrected chi connectivity index (χ3v) is 3.87. The van der Waals surface area contributed by atoms with E-state index in [0.717, 1.165) is 34.4 Å². The number of nitrogens with one attached hydrogen (secondary N) is 1. The smallest absolute Gasteiger partial charge is 0.212 e. The normalized spacial score (nSPS) is 21.6. The van der Waals surface area contributed by atoms with Gasteiger partial charge in [0.1, 0.15) is 5.52 Å². The van der Waals surface area contributed by atoms with Crippen molar-refractivity contribution in [3.8, 4) is 0 Å². The van der Waals surface area contributed by atoms with Gasteiger partial charge in [0.05, 0.1) is 10.5 Å². The number of hydrogen-bond acceptors (Lipinski definition) is 3. The maximum atomic E-state index is 5.87. The SMILES string of the molecule is Brc1cccc2nc(C3CCCCCN3)oc12. The molecule has 17 heavy (non-hydrogen) atoms. The Labute approximate surface area is 109 Å². The molecule has 1 atom stereocenters. The zero-order valence-corrected chi connectivity index (χ0v) is 11.2. The molecule has 1 aliphatic heterocycles.